The fourth-order valence-electron chi connectivity index (χ4n) is 4.50. The number of rotatable bonds is 6. The zero-order valence-corrected chi connectivity index (χ0v) is 18.4. The lowest BCUT2D eigenvalue weighted by molar-refractivity contribution is -0.384. The van der Waals surface area contributed by atoms with Gasteiger partial charge in [0.15, 0.2) is 6.61 Å². The summed E-state index contributed by atoms with van der Waals surface area (Å²) in [6.07, 6.45) is 2.33. The lowest BCUT2D eigenvalue weighted by atomic mass is 9.76. The fourth-order valence-corrected chi connectivity index (χ4v) is 4.50. The smallest absolute Gasteiger partial charge is 0.338 e. The van der Waals surface area contributed by atoms with Crippen LogP contribution in [0.2, 0.25) is 0 Å². The Labute approximate surface area is 195 Å². The molecule has 2 fully saturated rings. The molecule has 2 aromatic rings. The Morgan fingerprint density at radius 2 is 1.79 bits per heavy atom. The molecule has 3 amide bonds. The number of non-ortho nitro benzene ring substituents is 1. The Balaban J connectivity index is 1.35. The highest BCUT2D eigenvalue weighted by Crippen LogP contribution is 2.42. The number of carbonyl (C=O) groups is 4. The van der Waals surface area contributed by atoms with Crippen molar-refractivity contribution in [3.8, 4) is 0 Å². The van der Waals surface area contributed by atoms with Crippen LogP contribution in [0.3, 0.4) is 0 Å². The molecule has 0 bridgehead atoms. The monoisotopic (exact) mass is 465 g/mol. The molecule has 1 heterocycles. The van der Waals surface area contributed by atoms with Crippen LogP contribution in [0.1, 0.15) is 36.5 Å². The van der Waals surface area contributed by atoms with E-state index in [0.717, 1.165) is 6.42 Å². The number of hydrogen-bond donors (Lipinski definition) is 1. The summed E-state index contributed by atoms with van der Waals surface area (Å²) in [6, 6.07) is 11.3. The van der Waals surface area contributed by atoms with Crippen molar-refractivity contribution in [2.45, 2.75) is 26.2 Å². The van der Waals surface area contributed by atoms with E-state index in [1.54, 1.807) is 0 Å². The zero-order chi connectivity index (χ0) is 24.4. The Bertz CT molecular complexity index is 1160. The van der Waals surface area contributed by atoms with Crippen LogP contribution in [0.25, 0.3) is 0 Å². The number of amides is 3. The normalized spacial score (nSPS) is 21.7. The Hall–Kier alpha value is -4.08. The van der Waals surface area contributed by atoms with E-state index in [2.05, 4.69) is 12.2 Å². The molecule has 0 unspecified atom stereocenters. The first-order valence-electron chi connectivity index (χ1n) is 10.9. The molecule has 10 nitrogen and oxygen atoms in total. The second kappa shape index (κ2) is 9.42. The minimum absolute atomic E-state index is 0.150. The van der Waals surface area contributed by atoms with Gasteiger partial charge in [-0.15, -0.1) is 0 Å². The van der Waals surface area contributed by atoms with Crippen molar-refractivity contribution in [1.29, 1.82) is 0 Å². The number of nitrogens with one attached hydrogen (secondary N) is 1. The summed E-state index contributed by atoms with van der Waals surface area (Å²) in [7, 11) is 0. The van der Waals surface area contributed by atoms with Crippen molar-refractivity contribution in [3.63, 3.8) is 0 Å². The predicted octanol–water partition coefficient (Wildman–Crippen LogP) is 3.32. The molecule has 0 aromatic heterocycles. The number of nitrogens with zero attached hydrogens (tertiary/aromatic N) is 2. The van der Waals surface area contributed by atoms with Crippen LogP contribution in [0.4, 0.5) is 17.1 Å². The van der Waals surface area contributed by atoms with Gasteiger partial charge in [-0.1, -0.05) is 13.0 Å². The van der Waals surface area contributed by atoms with E-state index in [1.807, 2.05) is 0 Å². The average molecular weight is 465 g/mol. The van der Waals surface area contributed by atoms with Crippen LogP contribution in [-0.4, -0.2) is 35.2 Å². The quantitative estimate of drug-likeness (QED) is 0.299. The van der Waals surface area contributed by atoms with Crippen molar-refractivity contribution in [2.75, 3.05) is 16.8 Å². The van der Waals surface area contributed by atoms with Crippen molar-refractivity contribution in [2.24, 2.45) is 17.8 Å². The highest BCUT2D eigenvalue weighted by Gasteiger charge is 2.49. The number of carbonyl (C=O) groups excluding carboxylic acids is 4. The lowest BCUT2D eigenvalue weighted by Gasteiger charge is -2.25. The summed E-state index contributed by atoms with van der Waals surface area (Å²) in [5.74, 6) is -1.98. The van der Waals surface area contributed by atoms with Gasteiger partial charge in [0, 0.05) is 17.8 Å². The number of imide groups is 1. The van der Waals surface area contributed by atoms with Gasteiger partial charge in [0.25, 0.3) is 11.6 Å². The van der Waals surface area contributed by atoms with Crippen LogP contribution in [-0.2, 0) is 19.1 Å². The summed E-state index contributed by atoms with van der Waals surface area (Å²) in [6.45, 7) is 1.49. The first-order chi connectivity index (χ1) is 16.2. The Morgan fingerprint density at radius 3 is 2.50 bits per heavy atom. The van der Waals surface area contributed by atoms with E-state index >= 15 is 0 Å². The first kappa shape index (κ1) is 23.1. The van der Waals surface area contributed by atoms with Crippen LogP contribution in [0.5, 0.6) is 0 Å². The maximum atomic E-state index is 12.8. The van der Waals surface area contributed by atoms with Gasteiger partial charge in [0.1, 0.15) is 0 Å². The molecule has 1 aliphatic carbocycles. The highest BCUT2D eigenvalue weighted by atomic mass is 16.6. The average Bonchev–Trinajstić information content (AvgIpc) is 3.07. The van der Waals surface area contributed by atoms with Gasteiger partial charge in [-0.25, -0.2) is 4.79 Å². The molecular formula is C24H23N3O7. The number of nitro benzene ring substituents is 1. The van der Waals surface area contributed by atoms with Crippen molar-refractivity contribution >= 4 is 40.8 Å². The van der Waals surface area contributed by atoms with E-state index in [-0.39, 0.29) is 40.6 Å². The maximum Gasteiger partial charge on any atom is 0.338 e. The summed E-state index contributed by atoms with van der Waals surface area (Å²) < 4.78 is 5.00. The Morgan fingerprint density at radius 1 is 1.09 bits per heavy atom. The highest BCUT2D eigenvalue weighted by molar-refractivity contribution is 6.22. The van der Waals surface area contributed by atoms with Crippen molar-refractivity contribution in [3.05, 3.63) is 64.2 Å². The van der Waals surface area contributed by atoms with Gasteiger partial charge in [-0.2, -0.15) is 0 Å². The van der Waals surface area contributed by atoms with Crippen LogP contribution in [0.15, 0.2) is 48.5 Å². The lowest BCUT2D eigenvalue weighted by Crippen LogP contribution is -2.30. The molecular weight excluding hydrogens is 442 g/mol. The first-order valence-corrected chi connectivity index (χ1v) is 10.9. The van der Waals surface area contributed by atoms with Crippen LogP contribution < -0.4 is 10.2 Å². The molecule has 10 heteroatoms. The van der Waals surface area contributed by atoms with E-state index < -0.39 is 23.4 Å². The van der Waals surface area contributed by atoms with Gasteiger partial charge in [0.05, 0.1) is 28.0 Å². The van der Waals surface area contributed by atoms with Gasteiger partial charge in [0.2, 0.25) is 11.8 Å². The molecule has 1 saturated carbocycles. The van der Waals surface area contributed by atoms with Gasteiger partial charge >= 0.3 is 5.97 Å². The second-order valence-electron chi connectivity index (χ2n) is 8.62. The third-order valence-corrected chi connectivity index (χ3v) is 6.22. The van der Waals surface area contributed by atoms with E-state index in [0.29, 0.717) is 24.4 Å². The standard InChI is InChI=1S/C24H23N3O7/c1-14-5-10-19-20(11-14)23(30)26(22(19)29)17-8-6-15(7-9-17)24(31)34-13-21(28)25-16-3-2-4-18(12-16)27(32)33/h2-4,6-9,12,14,19-20H,5,10-11,13H2,1H3,(H,25,28)/t14-,19+,20+/m1/s1. The number of esters is 1. The number of hydrogen-bond acceptors (Lipinski definition) is 7. The summed E-state index contributed by atoms with van der Waals surface area (Å²) in [4.78, 5) is 61.4. The third-order valence-electron chi connectivity index (χ3n) is 6.22. The molecule has 1 aliphatic heterocycles. The number of anilines is 2. The molecule has 0 spiro atoms. The molecule has 2 aromatic carbocycles. The van der Waals surface area contributed by atoms with Crippen LogP contribution in [0, 0.1) is 27.9 Å². The molecule has 4 rings (SSSR count). The number of ether oxygens (including phenoxy) is 1. The van der Waals surface area contributed by atoms with Crippen molar-refractivity contribution in [1.82, 2.24) is 0 Å². The molecule has 2 aliphatic rings. The maximum absolute atomic E-state index is 12.8. The molecule has 1 N–H and O–H groups in total. The zero-order valence-electron chi connectivity index (χ0n) is 18.4. The summed E-state index contributed by atoms with van der Waals surface area (Å²) in [5.41, 5.74) is 0.571. The number of benzene rings is 2. The largest absolute Gasteiger partial charge is 0.452 e. The van der Waals surface area contributed by atoms with Gasteiger partial charge < -0.3 is 10.1 Å². The van der Waals surface area contributed by atoms with E-state index in [9.17, 15) is 29.3 Å². The minimum atomic E-state index is -0.762. The third kappa shape index (κ3) is 4.66. The molecule has 34 heavy (non-hydrogen) atoms. The fraction of sp³-hybridized carbons (Fsp3) is 0.333. The SMILES string of the molecule is C[C@@H]1CC[C@@H]2C(=O)N(c3ccc(C(=O)OCC(=O)Nc4cccc([N+](=O)[O-])c4)cc3)C(=O)[C@H]2C1. The van der Waals surface area contributed by atoms with Crippen LogP contribution >= 0.6 is 0 Å². The van der Waals surface area contributed by atoms with Gasteiger partial charge in [-0.3, -0.25) is 29.4 Å². The minimum Gasteiger partial charge on any atom is -0.452 e. The topological polar surface area (TPSA) is 136 Å². The molecule has 3 atom stereocenters. The number of fused-ring (bicyclic) bond motifs is 1. The predicted molar refractivity (Wildman–Crippen MR) is 121 cm³/mol. The molecule has 176 valence electrons. The molecule has 1 saturated heterocycles. The summed E-state index contributed by atoms with van der Waals surface area (Å²) in [5, 5.41) is 13.2. The Kier molecular flexibility index (Phi) is 6.40. The van der Waals surface area contributed by atoms with E-state index in [4.69, 9.17) is 4.74 Å². The van der Waals surface area contributed by atoms with Gasteiger partial charge in [-0.05, 0) is 55.5 Å². The summed E-state index contributed by atoms with van der Waals surface area (Å²) >= 11 is 0. The van der Waals surface area contributed by atoms with Crippen molar-refractivity contribution < 1.29 is 28.8 Å². The van der Waals surface area contributed by atoms with E-state index in [1.165, 1.54) is 53.4 Å². The second-order valence-corrected chi connectivity index (χ2v) is 8.62. The number of nitro groups is 1. The molecule has 0 radical (unpaired) electrons.